The van der Waals surface area contributed by atoms with Gasteiger partial charge in [-0.3, -0.25) is 4.90 Å². The van der Waals surface area contributed by atoms with Gasteiger partial charge in [0.15, 0.2) is 0 Å². The minimum Gasteiger partial charge on any atom is -0.466 e. The van der Waals surface area contributed by atoms with Gasteiger partial charge in [0, 0.05) is 5.69 Å². The molecule has 7 heteroatoms. The van der Waals surface area contributed by atoms with Crippen molar-refractivity contribution in [2.75, 3.05) is 19.1 Å². The van der Waals surface area contributed by atoms with Gasteiger partial charge >= 0.3 is 11.9 Å². The SMILES string of the molecule is CCCc1ccc(N2C(N)=C(C#N)C(c3ccccc3)C(C(=O)OC)=C2C(=O)OC)cc1. The van der Waals surface area contributed by atoms with Crippen LogP contribution in [0.2, 0.25) is 0 Å². The predicted molar refractivity (Wildman–Crippen MR) is 120 cm³/mol. The summed E-state index contributed by atoms with van der Waals surface area (Å²) >= 11 is 0. The van der Waals surface area contributed by atoms with Crippen molar-refractivity contribution in [3.8, 4) is 6.07 Å². The molecule has 2 N–H and O–H groups in total. The van der Waals surface area contributed by atoms with Crippen molar-refractivity contribution >= 4 is 17.6 Å². The van der Waals surface area contributed by atoms with Crippen molar-refractivity contribution in [1.82, 2.24) is 0 Å². The van der Waals surface area contributed by atoms with Crippen LogP contribution < -0.4 is 10.6 Å². The molecule has 0 saturated heterocycles. The summed E-state index contributed by atoms with van der Waals surface area (Å²) in [5.74, 6) is -2.33. The van der Waals surface area contributed by atoms with E-state index in [1.165, 1.54) is 19.1 Å². The Kier molecular flexibility index (Phi) is 6.96. The lowest BCUT2D eigenvalue weighted by Crippen LogP contribution is -2.40. The average molecular weight is 431 g/mol. The number of methoxy groups -OCH3 is 2. The quantitative estimate of drug-likeness (QED) is 0.697. The van der Waals surface area contributed by atoms with E-state index in [9.17, 15) is 14.9 Å². The third-order valence-electron chi connectivity index (χ3n) is 5.34. The molecule has 0 saturated carbocycles. The van der Waals surface area contributed by atoms with Crippen LogP contribution in [0.15, 0.2) is 77.3 Å². The van der Waals surface area contributed by atoms with Crippen molar-refractivity contribution in [2.45, 2.75) is 25.7 Å². The number of carbonyl (C=O) groups is 2. The summed E-state index contributed by atoms with van der Waals surface area (Å²) in [5.41, 5.74) is 8.81. The van der Waals surface area contributed by atoms with Gasteiger partial charge in [0.05, 0.1) is 37.4 Å². The number of ether oxygens (including phenoxy) is 2. The number of carbonyl (C=O) groups excluding carboxylic acids is 2. The lowest BCUT2D eigenvalue weighted by atomic mass is 9.81. The molecule has 32 heavy (non-hydrogen) atoms. The molecule has 0 aromatic heterocycles. The van der Waals surface area contributed by atoms with Gasteiger partial charge in [0.1, 0.15) is 11.5 Å². The standard InChI is InChI=1S/C25H25N3O4/c1-4-8-16-11-13-18(14-12-16)28-22(25(30)32-3)21(24(29)31-2)20(19(15-26)23(28)27)17-9-6-5-7-10-17/h5-7,9-14,20H,4,8,27H2,1-3H3. The molecule has 2 aromatic carbocycles. The maximum absolute atomic E-state index is 13.0. The average Bonchev–Trinajstić information content (AvgIpc) is 2.83. The first-order valence-corrected chi connectivity index (χ1v) is 10.2. The zero-order valence-electron chi connectivity index (χ0n) is 18.3. The summed E-state index contributed by atoms with van der Waals surface area (Å²) in [6, 6.07) is 18.5. The largest absolute Gasteiger partial charge is 0.466 e. The van der Waals surface area contributed by atoms with E-state index in [1.807, 2.05) is 18.2 Å². The van der Waals surface area contributed by atoms with Crippen LogP contribution >= 0.6 is 0 Å². The van der Waals surface area contributed by atoms with Crippen LogP contribution in [-0.4, -0.2) is 26.2 Å². The van der Waals surface area contributed by atoms with Crippen molar-refractivity contribution in [3.05, 3.63) is 88.4 Å². The maximum Gasteiger partial charge on any atom is 0.355 e. The number of anilines is 1. The van der Waals surface area contributed by atoms with Gasteiger partial charge in [0.25, 0.3) is 0 Å². The Bertz CT molecular complexity index is 1110. The van der Waals surface area contributed by atoms with Gasteiger partial charge in [0.2, 0.25) is 0 Å². The molecule has 0 fully saturated rings. The topological polar surface area (TPSA) is 106 Å². The number of rotatable bonds is 6. The Morgan fingerprint density at radius 1 is 1.03 bits per heavy atom. The highest BCUT2D eigenvalue weighted by Crippen LogP contribution is 2.43. The molecule has 0 bridgehead atoms. The lowest BCUT2D eigenvalue weighted by Gasteiger charge is -2.35. The highest BCUT2D eigenvalue weighted by atomic mass is 16.5. The number of nitrogens with zero attached hydrogens (tertiary/aromatic N) is 2. The van der Waals surface area contributed by atoms with Crippen LogP contribution in [0.4, 0.5) is 5.69 Å². The van der Waals surface area contributed by atoms with Gasteiger partial charge in [-0.15, -0.1) is 0 Å². The van der Waals surface area contributed by atoms with Gasteiger partial charge in [-0.2, -0.15) is 5.26 Å². The van der Waals surface area contributed by atoms with Crippen molar-refractivity contribution in [3.63, 3.8) is 0 Å². The fraction of sp³-hybridized carbons (Fsp3) is 0.240. The molecule has 1 atom stereocenters. The number of allylic oxidation sites excluding steroid dienone is 1. The summed E-state index contributed by atoms with van der Waals surface area (Å²) in [6.45, 7) is 2.09. The van der Waals surface area contributed by atoms with Gasteiger partial charge in [-0.1, -0.05) is 55.8 Å². The van der Waals surface area contributed by atoms with E-state index in [-0.39, 0.29) is 22.7 Å². The molecule has 7 nitrogen and oxygen atoms in total. The Labute approximate surface area is 187 Å². The Hall–Kier alpha value is -4.05. The molecule has 1 unspecified atom stereocenters. The second-order valence-electron chi connectivity index (χ2n) is 7.25. The van der Waals surface area contributed by atoms with E-state index in [2.05, 4.69) is 13.0 Å². The maximum atomic E-state index is 13.0. The molecule has 3 rings (SSSR count). The van der Waals surface area contributed by atoms with E-state index in [1.54, 1.807) is 36.4 Å². The monoisotopic (exact) mass is 431 g/mol. The number of esters is 2. The van der Waals surface area contributed by atoms with Gasteiger partial charge in [-0.25, -0.2) is 9.59 Å². The molecule has 0 spiro atoms. The van der Waals surface area contributed by atoms with E-state index >= 15 is 0 Å². The number of nitrogens with two attached hydrogens (primary N) is 1. The van der Waals surface area contributed by atoms with E-state index in [0.717, 1.165) is 18.4 Å². The van der Waals surface area contributed by atoms with E-state index in [4.69, 9.17) is 15.2 Å². The van der Waals surface area contributed by atoms with E-state index in [0.29, 0.717) is 11.3 Å². The first-order valence-electron chi connectivity index (χ1n) is 10.2. The molecule has 0 radical (unpaired) electrons. The molecule has 1 aliphatic heterocycles. The number of benzene rings is 2. The normalized spacial score (nSPS) is 15.9. The number of hydrogen-bond acceptors (Lipinski definition) is 7. The van der Waals surface area contributed by atoms with Crippen LogP contribution in [0.5, 0.6) is 0 Å². The molecular weight excluding hydrogens is 406 g/mol. The summed E-state index contributed by atoms with van der Waals surface area (Å²) in [5, 5.41) is 10.0. The molecule has 1 heterocycles. The first-order chi connectivity index (χ1) is 15.5. The second kappa shape index (κ2) is 9.84. The van der Waals surface area contributed by atoms with Gasteiger partial charge in [-0.05, 0) is 29.7 Å². The predicted octanol–water partition coefficient (Wildman–Crippen LogP) is 3.54. The van der Waals surface area contributed by atoms with Crippen molar-refractivity contribution in [1.29, 1.82) is 5.26 Å². The molecule has 1 aliphatic rings. The molecule has 0 aliphatic carbocycles. The van der Waals surface area contributed by atoms with Crippen LogP contribution in [0, 0.1) is 11.3 Å². The highest BCUT2D eigenvalue weighted by molar-refractivity contribution is 6.06. The third-order valence-corrected chi connectivity index (χ3v) is 5.34. The molecule has 164 valence electrons. The molecule has 0 amide bonds. The van der Waals surface area contributed by atoms with Crippen molar-refractivity contribution < 1.29 is 19.1 Å². The van der Waals surface area contributed by atoms with Crippen LogP contribution in [0.25, 0.3) is 0 Å². The molecule has 2 aromatic rings. The summed E-state index contributed by atoms with van der Waals surface area (Å²) in [7, 11) is 2.45. The zero-order chi connectivity index (χ0) is 23.3. The van der Waals surface area contributed by atoms with Crippen LogP contribution in [-0.2, 0) is 25.5 Å². The Morgan fingerprint density at radius 3 is 2.19 bits per heavy atom. The fourth-order valence-corrected chi connectivity index (χ4v) is 3.88. The van der Waals surface area contributed by atoms with Crippen molar-refractivity contribution in [2.24, 2.45) is 5.73 Å². The number of hydrogen-bond donors (Lipinski definition) is 1. The number of nitriles is 1. The summed E-state index contributed by atoms with van der Waals surface area (Å²) < 4.78 is 10.0. The molecular formula is C25H25N3O4. The Morgan fingerprint density at radius 2 is 1.66 bits per heavy atom. The van der Waals surface area contributed by atoms with Crippen LogP contribution in [0.3, 0.4) is 0 Å². The fourth-order valence-electron chi connectivity index (χ4n) is 3.88. The minimum atomic E-state index is -0.877. The van der Waals surface area contributed by atoms with Crippen LogP contribution in [0.1, 0.15) is 30.4 Å². The van der Waals surface area contributed by atoms with E-state index < -0.39 is 17.9 Å². The smallest absolute Gasteiger partial charge is 0.355 e. The number of aryl methyl sites for hydroxylation is 1. The highest BCUT2D eigenvalue weighted by Gasteiger charge is 2.42. The lowest BCUT2D eigenvalue weighted by molar-refractivity contribution is -0.139. The minimum absolute atomic E-state index is 0.00562. The second-order valence-corrected chi connectivity index (χ2v) is 7.25. The summed E-state index contributed by atoms with van der Waals surface area (Å²) in [6.07, 6.45) is 1.89. The third kappa shape index (κ3) is 4.08. The van der Waals surface area contributed by atoms with Gasteiger partial charge < -0.3 is 15.2 Å². The zero-order valence-corrected chi connectivity index (χ0v) is 18.3. The Balaban J connectivity index is 2.33. The summed E-state index contributed by atoms with van der Waals surface area (Å²) in [4.78, 5) is 27.4. The first kappa shape index (κ1) is 22.6.